The summed E-state index contributed by atoms with van der Waals surface area (Å²) in [5.41, 5.74) is 0. The normalized spacial score (nSPS) is 25.7. The van der Waals surface area contributed by atoms with Gasteiger partial charge in [-0.15, -0.1) is 0 Å². The van der Waals surface area contributed by atoms with Crippen molar-refractivity contribution in [2.75, 3.05) is 5.75 Å². The van der Waals surface area contributed by atoms with Crippen molar-refractivity contribution in [3.8, 4) is 0 Å². The van der Waals surface area contributed by atoms with Gasteiger partial charge in [-0.1, -0.05) is 31.5 Å². The second-order valence-electron chi connectivity index (χ2n) is 2.80. The first-order valence-electron chi connectivity index (χ1n) is 4.01. The average molecular weight is 158 g/mol. The molecule has 0 amide bonds. The molecule has 1 atom stereocenters. The molecule has 1 nitrogen and oxygen atoms in total. The zero-order valence-corrected chi connectivity index (χ0v) is 7.25. The largest absolute Gasteiger partial charge is 0.287 e. The Balaban J connectivity index is 2.20. The van der Waals surface area contributed by atoms with E-state index in [9.17, 15) is 4.79 Å². The zero-order chi connectivity index (χ0) is 7.40. The minimum atomic E-state index is 0.407. The number of hydrogen-bond donors (Lipinski definition) is 0. The molecule has 0 bridgehead atoms. The van der Waals surface area contributed by atoms with Gasteiger partial charge in [0.15, 0.2) is 5.12 Å². The molecule has 10 heavy (non-hydrogen) atoms. The van der Waals surface area contributed by atoms with E-state index in [4.69, 9.17) is 0 Å². The molecule has 1 aliphatic heterocycles. The second-order valence-corrected chi connectivity index (χ2v) is 3.89. The molecule has 0 aliphatic carbocycles. The minimum Gasteiger partial charge on any atom is -0.287 e. The van der Waals surface area contributed by atoms with Crippen LogP contribution >= 0.6 is 11.8 Å². The van der Waals surface area contributed by atoms with E-state index in [1.807, 2.05) is 0 Å². The van der Waals surface area contributed by atoms with Crippen LogP contribution in [0.3, 0.4) is 0 Å². The summed E-state index contributed by atoms with van der Waals surface area (Å²) in [6.45, 7) is 2.17. The molecule has 0 spiro atoms. The van der Waals surface area contributed by atoms with Crippen LogP contribution in [0, 0.1) is 5.92 Å². The highest BCUT2D eigenvalue weighted by molar-refractivity contribution is 8.14. The highest BCUT2D eigenvalue weighted by Crippen LogP contribution is 2.29. The van der Waals surface area contributed by atoms with E-state index in [1.165, 1.54) is 24.6 Å². The molecule has 1 aliphatic rings. The molecule has 1 rings (SSSR count). The number of carbonyl (C=O) groups is 1. The maximum atomic E-state index is 11.0. The molecule has 0 radical (unpaired) electrons. The van der Waals surface area contributed by atoms with Gasteiger partial charge in [-0.2, -0.15) is 0 Å². The van der Waals surface area contributed by atoms with Crippen LogP contribution in [0.5, 0.6) is 0 Å². The smallest absolute Gasteiger partial charge is 0.192 e. The maximum Gasteiger partial charge on any atom is 0.192 e. The van der Waals surface area contributed by atoms with Gasteiger partial charge < -0.3 is 0 Å². The van der Waals surface area contributed by atoms with Crippen molar-refractivity contribution in [2.45, 2.75) is 32.6 Å². The van der Waals surface area contributed by atoms with Gasteiger partial charge in [-0.3, -0.25) is 4.79 Å². The summed E-state index contributed by atoms with van der Waals surface area (Å²) in [6.07, 6.45) is 4.69. The topological polar surface area (TPSA) is 17.1 Å². The third-order valence-electron chi connectivity index (χ3n) is 1.95. The van der Waals surface area contributed by atoms with Gasteiger partial charge >= 0.3 is 0 Å². The molecule has 1 unspecified atom stereocenters. The van der Waals surface area contributed by atoms with E-state index in [0.29, 0.717) is 11.0 Å². The average Bonchev–Trinajstić information content (AvgIpc) is 2.31. The van der Waals surface area contributed by atoms with E-state index in [-0.39, 0.29) is 0 Å². The lowest BCUT2D eigenvalue weighted by Gasteiger charge is -2.03. The predicted molar refractivity (Wildman–Crippen MR) is 45.1 cm³/mol. The van der Waals surface area contributed by atoms with Crippen molar-refractivity contribution in [3.63, 3.8) is 0 Å². The Bertz CT molecular complexity index is 122. The van der Waals surface area contributed by atoms with Crippen LogP contribution in [0.2, 0.25) is 0 Å². The summed E-state index contributed by atoms with van der Waals surface area (Å²) in [5, 5.41) is 0.438. The lowest BCUT2D eigenvalue weighted by Crippen LogP contribution is -2.03. The summed E-state index contributed by atoms with van der Waals surface area (Å²) in [4.78, 5) is 11.0. The third-order valence-corrected chi connectivity index (χ3v) is 3.01. The van der Waals surface area contributed by atoms with E-state index in [1.54, 1.807) is 0 Å². The fraction of sp³-hybridized carbons (Fsp3) is 0.875. The SMILES string of the molecule is CCCCC1CCSC1=O. The van der Waals surface area contributed by atoms with Gasteiger partial charge in [-0.25, -0.2) is 0 Å². The van der Waals surface area contributed by atoms with Crippen molar-refractivity contribution in [2.24, 2.45) is 5.92 Å². The quantitative estimate of drug-likeness (QED) is 0.627. The van der Waals surface area contributed by atoms with Crippen LogP contribution < -0.4 is 0 Å². The Morgan fingerprint density at radius 3 is 3.00 bits per heavy atom. The highest BCUT2D eigenvalue weighted by Gasteiger charge is 2.23. The zero-order valence-electron chi connectivity index (χ0n) is 6.43. The van der Waals surface area contributed by atoms with Crippen LogP contribution in [-0.2, 0) is 4.79 Å². The van der Waals surface area contributed by atoms with Crippen LogP contribution in [0.25, 0.3) is 0 Å². The number of unbranched alkanes of at least 4 members (excludes halogenated alkanes) is 1. The van der Waals surface area contributed by atoms with E-state index in [0.717, 1.165) is 18.6 Å². The summed E-state index contributed by atoms with van der Waals surface area (Å²) in [7, 11) is 0. The van der Waals surface area contributed by atoms with Gasteiger partial charge in [0.05, 0.1) is 0 Å². The first kappa shape index (κ1) is 8.12. The fourth-order valence-corrected chi connectivity index (χ4v) is 2.33. The minimum absolute atomic E-state index is 0.407. The standard InChI is InChI=1S/C8H14OS/c1-2-3-4-7-5-6-10-8(7)9/h7H,2-6H2,1H3. The van der Waals surface area contributed by atoms with E-state index >= 15 is 0 Å². The summed E-state index contributed by atoms with van der Waals surface area (Å²) in [5.74, 6) is 1.47. The number of carbonyl (C=O) groups excluding carboxylic acids is 1. The van der Waals surface area contributed by atoms with Gasteiger partial charge in [0.1, 0.15) is 0 Å². The van der Waals surface area contributed by atoms with Crippen molar-refractivity contribution in [1.82, 2.24) is 0 Å². The monoisotopic (exact) mass is 158 g/mol. The molecule has 2 heteroatoms. The van der Waals surface area contributed by atoms with Crippen molar-refractivity contribution < 1.29 is 4.79 Å². The molecular weight excluding hydrogens is 144 g/mol. The van der Waals surface area contributed by atoms with E-state index in [2.05, 4.69) is 6.92 Å². The molecule has 0 aromatic rings. The molecule has 0 saturated carbocycles. The van der Waals surface area contributed by atoms with Crippen LogP contribution in [0.15, 0.2) is 0 Å². The molecule has 1 saturated heterocycles. The van der Waals surface area contributed by atoms with Crippen LogP contribution in [-0.4, -0.2) is 10.9 Å². The Morgan fingerprint density at radius 2 is 2.50 bits per heavy atom. The van der Waals surface area contributed by atoms with Crippen molar-refractivity contribution >= 4 is 16.9 Å². The fourth-order valence-electron chi connectivity index (χ4n) is 1.25. The summed E-state index contributed by atoms with van der Waals surface area (Å²) >= 11 is 1.52. The van der Waals surface area contributed by atoms with Gasteiger partial charge in [0.25, 0.3) is 0 Å². The Labute approximate surface area is 66.6 Å². The molecule has 58 valence electrons. The van der Waals surface area contributed by atoms with Crippen LogP contribution in [0.1, 0.15) is 32.6 Å². The Hall–Kier alpha value is 0.0200. The maximum absolute atomic E-state index is 11.0. The van der Waals surface area contributed by atoms with Gasteiger partial charge in [0.2, 0.25) is 0 Å². The van der Waals surface area contributed by atoms with E-state index < -0.39 is 0 Å². The Kier molecular flexibility index (Phi) is 3.26. The first-order valence-corrected chi connectivity index (χ1v) is 4.99. The van der Waals surface area contributed by atoms with Crippen molar-refractivity contribution in [1.29, 1.82) is 0 Å². The lowest BCUT2D eigenvalue weighted by atomic mass is 10.0. The predicted octanol–water partition coefficient (Wildman–Crippen LogP) is 2.46. The third kappa shape index (κ3) is 2.01. The number of thioether (sulfide) groups is 1. The molecular formula is C8H14OS. The molecule has 1 fully saturated rings. The molecule has 1 heterocycles. The number of hydrogen-bond acceptors (Lipinski definition) is 2. The van der Waals surface area contributed by atoms with Gasteiger partial charge in [-0.05, 0) is 12.8 Å². The molecule has 0 aromatic heterocycles. The highest BCUT2D eigenvalue weighted by atomic mass is 32.2. The first-order chi connectivity index (χ1) is 4.84. The second kappa shape index (κ2) is 4.02. The number of rotatable bonds is 3. The molecule has 0 aromatic carbocycles. The lowest BCUT2D eigenvalue weighted by molar-refractivity contribution is -0.114. The van der Waals surface area contributed by atoms with Gasteiger partial charge in [0, 0.05) is 11.7 Å². The van der Waals surface area contributed by atoms with Crippen molar-refractivity contribution in [3.05, 3.63) is 0 Å². The summed E-state index contributed by atoms with van der Waals surface area (Å²) < 4.78 is 0. The molecule has 0 N–H and O–H groups in total. The summed E-state index contributed by atoms with van der Waals surface area (Å²) in [6, 6.07) is 0. The Morgan fingerprint density at radius 1 is 1.70 bits per heavy atom. The van der Waals surface area contributed by atoms with Crippen LogP contribution in [0.4, 0.5) is 0 Å².